The molecular weight excluding hydrogens is 479 g/mol. The van der Waals surface area contributed by atoms with Gasteiger partial charge < -0.3 is 14.4 Å². The van der Waals surface area contributed by atoms with Gasteiger partial charge in [0.2, 0.25) is 5.91 Å². The van der Waals surface area contributed by atoms with E-state index in [1.165, 1.54) is 6.07 Å². The van der Waals surface area contributed by atoms with Crippen molar-refractivity contribution < 1.29 is 18.7 Å². The van der Waals surface area contributed by atoms with E-state index in [9.17, 15) is 9.18 Å². The average molecular weight is 509 g/mol. The fourth-order valence-corrected chi connectivity index (χ4v) is 4.41. The zero-order chi connectivity index (χ0) is 25.5. The first-order valence-electron chi connectivity index (χ1n) is 11.9. The quantitative estimate of drug-likeness (QED) is 0.364. The van der Waals surface area contributed by atoms with Crippen molar-refractivity contribution >= 4 is 23.6 Å². The second-order valence-corrected chi connectivity index (χ2v) is 9.22. The van der Waals surface area contributed by atoms with E-state index in [4.69, 9.17) is 21.1 Å². The van der Waals surface area contributed by atoms with Gasteiger partial charge in [-0.3, -0.25) is 9.69 Å². The van der Waals surface area contributed by atoms with E-state index in [1.54, 1.807) is 30.2 Å². The zero-order valence-electron chi connectivity index (χ0n) is 20.5. The third-order valence-corrected chi connectivity index (χ3v) is 6.59. The summed E-state index contributed by atoms with van der Waals surface area (Å²) in [6, 6.07) is 18.4. The van der Waals surface area contributed by atoms with Crippen LogP contribution in [0.5, 0.6) is 11.5 Å². The Balaban J connectivity index is 1.33. The van der Waals surface area contributed by atoms with E-state index in [-0.39, 0.29) is 11.7 Å². The van der Waals surface area contributed by atoms with Crippen LogP contribution in [-0.4, -0.2) is 49.0 Å². The number of methoxy groups -OCH3 is 1. The molecule has 1 heterocycles. The number of ether oxygens (including phenoxy) is 2. The molecule has 1 amide bonds. The number of carbonyl (C=O) groups is 1. The summed E-state index contributed by atoms with van der Waals surface area (Å²) in [6.45, 7) is 5.29. The van der Waals surface area contributed by atoms with Gasteiger partial charge >= 0.3 is 0 Å². The molecule has 0 atom stereocenters. The van der Waals surface area contributed by atoms with Crippen LogP contribution in [0.15, 0.2) is 66.7 Å². The summed E-state index contributed by atoms with van der Waals surface area (Å²) in [4.78, 5) is 16.7. The van der Waals surface area contributed by atoms with Crippen LogP contribution < -0.4 is 9.47 Å². The Bertz CT molecular complexity index is 1220. The highest BCUT2D eigenvalue weighted by atomic mass is 35.5. The van der Waals surface area contributed by atoms with Crippen molar-refractivity contribution in [3.8, 4) is 11.5 Å². The molecular formula is C29H30ClFN2O3. The highest BCUT2D eigenvalue weighted by molar-refractivity contribution is 6.31. The van der Waals surface area contributed by atoms with E-state index in [0.717, 1.165) is 28.2 Å². The van der Waals surface area contributed by atoms with Crippen LogP contribution in [-0.2, 0) is 17.9 Å². The summed E-state index contributed by atoms with van der Waals surface area (Å²) in [5.74, 6) is 1.18. The molecule has 4 rings (SSSR count). The Morgan fingerprint density at radius 3 is 2.56 bits per heavy atom. The second-order valence-electron chi connectivity index (χ2n) is 8.81. The van der Waals surface area contributed by atoms with E-state index in [0.29, 0.717) is 49.9 Å². The van der Waals surface area contributed by atoms with E-state index in [2.05, 4.69) is 4.90 Å². The topological polar surface area (TPSA) is 42.0 Å². The van der Waals surface area contributed by atoms with E-state index >= 15 is 0 Å². The molecule has 5 nitrogen and oxygen atoms in total. The number of rotatable bonds is 8. The predicted octanol–water partition coefficient (Wildman–Crippen LogP) is 5.73. The molecule has 1 fully saturated rings. The van der Waals surface area contributed by atoms with Crippen LogP contribution in [0.1, 0.15) is 22.3 Å². The van der Waals surface area contributed by atoms with Crippen molar-refractivity contribution in [3.63, 3.8) is 0 Å². The zero-order valence-corrected chi connectivity index (χ0v) is 21.3. The van der Waals surface area contributed by atoms with Crippen LogP contribution >= 0.6 is 11.6 Å². The van der Waals surface area contributed by atoms with E-state index < -0.39 is 0 Å². The Kier molecular flexibility index (Phi) is 8.62. The lowest BCUT2D eigenvalue weighted by Gasteiger charge is -2.34. The Morgan fingerprint density at radius 2 is 1.83 bits per heavy atom. The average Bonchev–Trinajstić information content (AvgIpc) is 2.88. The lowest BCUT2D eigenvalue weighted by molar-refractivity contribution is -0.127. The summed E-state index contributed by atoms with van der Waals surface area (Å²) in [5, 5.41) is 0.430. The van der Waals surface area contributed by atoms with Crippen LogP contribution in [0.25, 0.3) is 6.08 Å². The number of carbonyl (C=O) groups excluding carboxylic acids is 1. The molecule has 0 spiro atoms. The number of hydrogen-bond donors (Lipinski definition) is 0. The highest BCUT2D eigenvalue weighted by Crippen LogP contribution is 2.24. The molecule has 0 N–H and O–H groups in total. The van der Waals surface area contributed by atoms with Gasteiger partial charge in [0.25, 0.3) is 0 Å². The van der Waals surface area contributed by atoms with Gasteiger partial charge in [0.15, 0.2) is 0 Å². The van der Waals surface area contributed by atoms with Gasteiger partial charge in [0, 0.05) is 54.9 Å². The molecule has 0 saturated carbocycles. The van der Waals surface area contributed by atoms with Crippen molar-refractivity contribution in [2.45, 2.75) is 20.1 Å². The van der Waals surface area contributed by atoms with Crippen molar-refractivity contribution in [3.05, 3.63) is 99.8 Å². The largest absolute Gasteiger partial charge is 0.496 e. The fraction of sp³-hybridized carbons (Fsp3) is 0.276. The molecule has 7 heteroatoms. The second kappa shape index (κ2) is 12.1. The molecule has 0 bridgehead atoms. The lowest BCUT2D eigenvalue weighted by atomic mass is 10.1. The van der Waals surface area contributed by atoms with Crippen LogP contribution in [0.4, 0.5) is 4.39 Å². The smallest absolute Gasteiger partial charge is 0.246 e. The molecule has 188 valence electrons. The maximum atomic E-state index is 14.1. The van der Waals surface area contributed by atoms with Gasteiger partial charge in [-0.15, -0.1) is 0 Å². The molecule has 3 aromatic rings. The normalized spacial score (nSPS) is 14.3. The number of halogens is 2. The summed E-state index contributed by atoms with van der Waals surface area (Å²) in [6.07, 6.45) is 3.40. The predicted molar refractivity (Wildman–Crippen MR) is 141 cm³/mol. The number of nitrogens with zero attached hydrogens (tertiary/aromatic N) is 2. The van der Waals surface area contributed by atoms with Crippen LogP contribution in [0, 0.1) is 12.7 Å². The minimum absolute atomic E-state index is 0.0491. The van der Waals surface area contributed by atoms with Gasteiger partial charge in [0.05, 0.1) is 7.11 Å². The Hall–Kier alpha value is -3.35. The minimum Gasteiger partial charge on any atom is -0.496 e. The molecule has 3 aromatic carbocycles. The Morgan fingerprint density at radius 1 is 1.06 bits per heavy atom. The van der Waals surface area contributed by atoms with Gasteiger partial charge in [-0.2, -0.15) is 0 Å². The summed E-state index contributed by atoms with van der Waals surface area (Å²) in [5.41, 5.74) is 3.42. The molecule has 0 radical (unpaired) electrons. The van der Waals surface area contributed by atoms with Gasteiger partial charge in [-0.05, 0) is 60.5 Å². The molecule has 1 aliphatic heterocycles. The Labute approximate surface area is 216 Å². The molecule has 0 aromatic heterocycles. The fourth-order valence-electron chi connectivity index (χ4n) is 4.19. The maximum absolute atomic E-state index is 14.1. The number of amides is 1. The number of aryl methyl sites for hydroxylation is 1. The van der Waals surface area contributed by atoms with Crippen molar-refractivity contribution in [2.75, 3.05) is 33.3 Å². The minimum atomic E-state index is -0.299. The van der Waals surface area contributed by atoms with Crippen LogP contribution in [0.2, 0.25) is 5.02 Å². The summed E-state index contributed by atoms with van der Waals surface area (Å²) < 4.78 is 25.5. The van der Waals surface area contributed by atoms with Gasteiger partial charge in [-0.1, -0.05) is 35.9 Å². The van der Waals surface area contributed by atoms with Crippen molar-refractivity contribution in [1.29, 1.82) is 0 Å². The summed E-state index contributed by atoms with van der Waals surface area (Å²) in [7, 11) is 1.63. The lowest BCUT2D eigenvalue weighted by Crippen LogP contribution is -2.47. The van der Waals surface area contributed by atoms with Gasteiger partial charge in [0.1, 0.15) is 23.9 Å². The molecule has 0 unspecified atom stereocenters. The monoisotopic (exact) mass is 508 g/mol. The third-order valence-electron chi connectivity index (χ3n) is 6.23. The molecule has 0 aliphatic carbocycles. The number of benzene rings is 3. The van der Waals surface area contributed by atoms with Gasteiger partial charge in [-0.25, -0.2) is 4.39 Å². The number of hydrogen-bond acceptors (Lipinski definition) is 4. The van der Waals surface area contributed by atoms with E-state index in [1.807, 2.05) is 55.5 Å². The first-order chi connectivity index (χ1) is 17.4. The maximum Gasteiger partial charge on any atom is 0.246 e. The third kappa shape index (κ3) is 6.65. The molecule has 36 heavy (non-hydrogen) atoms. The molecule has 1 aliphatic rings. The number of piperazine rings is 1. The SMILES string of the molecule is COc1ccc(/C=C/C(=O)N2CCN(Cc3c(F)cccc3Cl)CC2)cc1COc1cccc(C)c1. The first kappa shape index (κ1) is 25.7. The van der Waals surface area contributed by atoms with Crippen LogP contribution in [0.3, 0.4) is 0 Å². The standard InChI is InChI=1S/C29H30ClFN2O3/c1-21-5-3-6-24(17-21)36-20-23-18-22(9-11-28(23)35-2)10-12-29(34)33-15-13-32(14-16-33)19-25-26(30)7-4-8-27(25)31/h3-12,17-18H,13-16,19-20H2,1-2H3/b12-10+. The first-order valence-corrected chi connectivity index (χ1v) is 12.3. The highest BCUT2D eigenvalue weighted by Gasteiger charge is 2.21. The van der Waals surface area contributed by atoms with Crippen molar-refractivity contribution in [1.82, 2.24) is 9.80 Å². The summed E-state index contributed by atoms with van der Waals surface area (Å²) >= 11 is 6.16. The molecule has 1 saturated heterocycles. The van der Waals surface area contributed by atoms with Crippen molar-refractivity contribution in [2.24, 2.45) is 0 Å².